The maximum atomic E-state index is 11.8. The highest BCUT2D eigenvalue weighted by molar-refractivity contribution is 5.68. The molecule has 1 atom stereocenters. The average Bonchev–Trinajstić information content (AvgIpc) is 2.26. The highest BCUT2D eigenvalue weighted by Gasteiger charge is 2.27. The Balaban J connectivity index is 2.51. The molecule has 4 nitrogen and oxygen atoms in total. The zero-order valence-electron chi connectivity index (χ0n) is 10.2. The van der Waals surface area contributed by atoms with E-state index in [1.165, 1.54) is 0 Å². The number of amides is 1. The van der Waals surface area contributed by atoms with Crippen LogP contribution < -0.4 is 5.32 Å². The molecule has 0 aromatic rings. The van der Waals surface area contributed by atoms with E-state index in [0.717, 1.165) is 26.1 Å². The fourth-order valence-corrected chi connectivity index (χ4v) is 1.97. The van der Waals surface area contributed by atoms with Crippen LogP contribution in [0.5, 0.6) is 0 Å². The lowest BCUT2D eigenvalue weighted by molar-refractivity contribution is 0.0798. The second-order valence-corrected chi connectivity index (χ2v) is 4.55. The first-order valence-electron chi connectivity index (χ1n) is 5.90. The topological polar surface area (TPSA) is 41.6 Å². The van der Waals surface area contributed by atoms with Crippen LogP contribution in [-0.2, 0) is 4.74 Å². The largest absolute Gasteiger partial charge is 0.445 e. The Bertz CT molecular complexity index is 241. The molecule has 1 fully saturated rings. The van der Waals surface area contributed by atoms with Crippen molar-refractivity contribution in [2.75, 3.05) is 26.2 Å². The lowest BCUT2D eigenvalue weighted by atomic mass is 10.0. The molecule has 1 amide bonds. The third-order valence-electron chi connectivity index (χ3n) is 2.65. The summed E-state index contributed by atoms with van der Waals surface area (Å²) in [7, 11) is 0. The van der Waals surface area contributed by atoms with Crippen LogP contribution in [-0.4, -0.2) is 43.3 Å². The Hall–Kier alpha value is -1.03. The monoisotopic (exact) mass is 226 g/mol. The average molecular weight is 226 g/mol. The molecule has 1 rings (SSSR count). The predicted octanol–water partition coefficient (Wildman–Crippen LogP) is 1.63. The second-order valence-electron chi connectivity index (χ2n) is 4.55. The Morgan fingerprint density at radius 3 is 3.06 bits per heavy atom. The van der Waals surface area contributed by atoms with Crippen LogP contribution in [0, 0.1) is 5.92 Å². The molecule has 0 spiro atoms. The van der Waals surface area contributed by atoms with Gasteiger partial charge in [-0.2, -0.15) is 0 Å². The highest BCUT2D eigenvalue weighted by atomic mass is 16.6. The van der Waals surface area contributed by atoms with Crippen molar-refractivity contribution in [1.82, 2.24) is 10.2 Å². The van der Waals surface area contributed by atoms with E-state index in [9.17, 15) is 4.79 Å². The second kappa shape index (κ2) is 6.53. The third kappa shape index (κ3) is 3.85. The standard InChI is InChI=1S/C12H22N2O2/c1-4-7-16-12(15)14-6-5-13-9-11(14)8-10(2)3/h4,10-11,13H,1,5-9H2,2-3H3. The third-order valence-corrected chi connectivity index (χ3v) is 2.65. The summed E-state index contributed by atoms with van der Waals surface area (Å²) in [5, 5.41) is 3.31. The molecule has 0 aromatic carbocycles. The van der Waals surface area contributed by atoms with Crippen molar-refractivity contribution < 1.29 is 9.53 Å². The maximum Gasteiger partial charge on any atom is 0.410 e. The zero-order valence-corrected chi connectivity index (χ0v) is 10.2. The van der Waals surface area contributed by atoms with E-state index in [-0.39, 0.29) is 18.7 Å². The molecule has 1 N–H and O–H groups in total. The van der Waals surface area contributed by atoms with Gasteiger partial charge in [-0.1, -0.05) is 26.5 Å². The van der Waals surface area contributed by atoms with Crippen molar-refractivity contribution in [1.29, 1.82) is 0 Å². The molecule has 1 aliphatic rings. The number of rotatable bonds is 4. The van der Waals surface area contributed by atoms with Gasteiger partial charge in [0, 0.05) is 25.7 Å². The number of hydrogen-bond donors (Lipinski definition) is 1. The molecule has 0 bridgehead atoms. The van der Waals surface area contributed by atoms with E-state index < -0.39 is 0 Å². The summed E-state index contributed by atoms with van der Waals surface area (Å²) in [6.45, 7) is 10.6. The first-order chi connectivity index (χ1) is 7.65. The van der Waals surface area contributed by atoms with Crippen molar-refractivity contribution in [2.45, 2.75) is 26.3 Å². The summed E-state index contributed by atoms with van der Waals surface area (Å²) >= 11 is 0. The Morgan fingerprint density at radius 1 is 1.69 bits per heavy atom. The minimum absolute atomic E-state index is 0.216. The normalized spacial score (nSPS) is 20.9. The first-order valence-corrected chi connectivity index (χ1v) is 5.90. The van der Waals surface area contributed by atoms with Gasteiger partial charge in [0.1, 0.15) is 6.61 Å². The van der Waals surface area contributed by atoms with Gasteiger partial charge in [0.25, 0.3) is 0 Å². The molecule has 0 aliphatic carbocycles. The summed E-state index contributed by atoms with van der Waals surface area (Å²) < 4.78 is 5.08. The summed E-state index contributed by atoms with van der Waals surface area (Å²) in [6.07, 6.45) is 2.39. The summed E-state index contributed by atoms with van der Waals surface area (Å²) in [5.74, 6) is 0.583. The van der Waals surface area contributed by atoms with Gasteiger partial charge in [0.05, 0.1) is 0 Å². The molecule has 0 saturated carbocycles. The molecular formula is C12H22N2O2. The molecule has 0 aromatic heterocycles. The van der Waals surface area contributed by atoms with Crippen LogP contribution in [0.3, 0.4) is 0 Å². The van der Waals surface area contributed by atoms with Crippen molar-refractivity contribution >= 4 is 6.09 Å². The molecule has 92 valence electrons. The van der Waals surface area contributed by atoms with E-state index in [1.807, 2.05) is 4.90 Å². The van der Waals surface area contributed by atoms with Crippen LogP contribution in [0.4, 0.5) is 4.79 Å². The quantitative estimate of drug-likeness (QED) is 0.741. The van der Waals surface area contributed by atoms with Gasteiger partial charge in [-0.15, -0.1) is 0 Å². The minimum atomic E-state index is -0.216. The van der Waals surface area contributed by atoms with E-state index in [1.54, 1.807) is 6.08 Å². The summed E-state index contributed by atoms with van der Waals surface area (Å²) in [6, 6.07) is 0.256. The number of nitrogens with zero attached hydrogens (tertiary/aromatic N) is 1. The van der Waals surface area contributed by atoms with Crippen LogP contribution in [0.2, 0.25) is 0 Å². The highest BCUT2D eigenvalue weighted by Crippen LogP contribution is 2.14. The minimum Gasteiger partial charge on any atom is -0.445 e. The molecule has 1 heterocycles. The van der Waals surface area contributed by atoms with Crippen molar-refractivity contribution in [3.8, 4) is 0 Å². The maximum absolute atomic E-state index is 11.8. The number of carbonyl (C=O) groups excluding carboxylic acids is 1. The SMILES string of the molecule is C=CCOC(=O)N1CCNCC1CC(C)C. The van der Waals surface area contributed by atoms with E-state index >= 15 is 0 Å². The Morgan fingerprint density at radius 2 is 2.44 bits per heavy atom. The van der Waals surface area contributed by atoms with Gasteiger partial charge in [0.15, 0.2) is 0 Å². The van der Waals surface area contributed by atoms with Crippen molar-refractivity contribution in [2.24, 2.45) is 5.92 Å². The lowest BCUT2D eigenvalue weighted by Crippen LogP contribution is -2.54. The summed E-state index contributed by atoms with van der Waals surface area (Å²) in [5.41, 5.74) is 0. The number of ether oxygens (including phenoxy) is 1. The fraction of sp³-hybridized carbons (Fsp3) is 0.750. The number of piperazine rings is 1. The number of hydrogen-bond acceptors (Lipinski definition) is 3. The van der Waals surface area contributed by atoms with Crippen molar-refractivity contribution in [3.05, 3.63) is 12.7 Å². The molecule has 0 radical (unpaired) electrons. The van der Waals surface area contributed by atoms with E-state index in [4.69, 9.17) is 4.74 Å². The van der Waals surface area contributed by atoms with Gasteiger partial charge in [0.2, 0.25) is 0 Å². The Labute approximate surface area is 97.6 Å². The molecule has 1 saturated heterocycles. The van der Waals surface area contributed by atoms with Gasteiger partial charge >= 0.3 is 6.09 Å². The Kier molecular flexibility index (Phi) is 5.32. The van der Waals surface area contributed by atoms with Crippen molar-refractivity contribution in [3.63, 3.8) is 0 Å². The van der Waals surface area contributed by atoms with Gasteiger partial charge in [-0.3, -0.25) is 0 Å². The molecule has 16 heavy (non-hydrogen) atoms. The molecule has 1 unspecified atom stereocenters. The molecule has 1 aliphatic heterocycles. The summed E-state index contributed by atoms with van der Waals surface area (Å²) in [4.78, 5) is 13.6. The smallest absolute Gasteiger partial charge is 0.410 e. The van der Waals surface area contributed by atoms with Gasteiger partial charge in [-0.05, 0) is 12.3 Å². The van der Waals surface area contributed by atoms with Crippen LogP contribution in [0.25, 0.3) is 0 Å². The molecular weight excluding hydrogens is 204 g/mol. The van der Waals surface area contributed by atoms with Gasteiger partial charge in [-0.25, -0.2) is 4.79 Å². The molecule has 4 heteroatoms. The zero-order chi connectivity index (χ0) is 12.0. The lowest BCUT2D eigenvalue weighted by Gasteiger charge is -2.36. The van der Waals surface area contributed by atoms with Gasteiger partial charge < -0.3 is 15.0 Å². The van der Waals surface area contributed by atoms with E-state index in [2.05, 4.69) is 25.7 Å². The first kappa shape index (κ1) is 13.0. The predicted molar refractivity (Wildman–Crippen MR) is 64.4 cm³/mol. The van der Waals surface area contributed by atoms with Crippen LogP contribution in [0.15, 0.2) is 12.7 Å². The fourth-order valence-electron chi connectivity index (χ4n) is 1.97. The van der Waals surface area contributed by atoms with E-state index in [0.29, 0.717) is 5.92 Å². The van der Waals surface area contributed by atoms with Crippen LogP contribution >= 0.6 is 0 Å². The van der Waals surface area contributed by atoms with Crippen LogP contribution in [0.1, 0.15) is 20.3 Å². The number of nitrogens with one attached hydrogen (secondary N) is 1. The number of carbonyl (C=O) groups is 1.